The number of carbonyl (C=O) groups excluding carboxylic acids is 1. The Labute approximate surface area is 128 Å². The summed E-state index contributed by atoms with van der Waals surface area (Å²) in [5.41, 5.74) is 0.483. The lowest BCUT2D eigenvalue weighted by Crippen LogP contribution is -2.43. The molecule has 1 aromatic rings. The number of nitrogens with one attached hydrogen (secondary N) is 1. The third kappa shape index (κ3) is 3.23. The molecule has 1 saturated heterocycles. The van der Waals surface area contributed by atoms with Gasteiger partial charge in [0, 0.05) is 23.1 Å². The first kappa shape index (κ1) is 15.1. The minimum Gasteiger partial charge on any atom is -0.480 e. The highest BCUT2D eigenvalue weighted by atomic mass is 79.9. The number of likely N-dealkylation sites (tertiary alicyclic amines) is 1. The minimum atomic E-state index is -1.13. The summed E-state index contributed by atoms with van der Waals surface area (Å²) < 4.78 is 0.619. The molecule has 0 spiro atoms. The number of hydrogen-bond donors (Lipinski definition) is 3. The second kappa shape index (κ2) is 5.99. The Morgan fingerprint density at radius 1 is 1.45 bits per heavy atom. The molecule has 1 aliphatic heterocycles. The molecule has 1 fully saturated rings. The number of carbonyl (C=O) groups is 2. The van der Waals surface area contributed by atoms with Gasteiger partial charge in [-0.25, -0.2) is 9.59 Å². The van der Waals surface area contributed by atoms with Gasteiger partial charge in [-0.1, -0.05) is 11.6 Å². The summed E-state index contributed by atoms with van der Waals surface area (Å²) in [7, 11) is 0. The number of carboxylic acids is 1. The lowest BCUT2D eigenvalue weighted by Gasteiger charge is -2.21. The van der Waals surface area contributed by atoms with Crippen molar-refractivity contribution in [3.8, 4) is 0 Å². The molecule has 108 valence electrons. The minimum absolute atomic E-state index is 0.00242. The van der Waals surface area contributed by atoms with Crippen LogP contribution in [0.5, 0.6) is 0 Å². The number of anilines is 1. The molecule has 6 nitrogen and oxygen atoms in total. The van der Waals surface area contributed by atoms with Crippen molar-refractivity contribution in [1.82, 2.24) is 4.90 Å². The average molecular weight is 364 g/mol. The largest absolute Gasteiger partial charge is 0.480 e. The van der Waals surface area contributed by atoms with Crippen molar-refractivity contribution in [3.05, 3.63) is 27.7 Å². The highest BCUT2D eigenvalue weighted by Crippen LogP contribution is 2.26. The fourth-order valence-electron chi connectivity index (χ4n) is 2.04. The predicted octanol–water partition coefficient (Wildman–Crippen LogP) is 2.15. The van der Waals surface area contributed by atoms with Gasteiger partial charge in [-0.15, -0.1) is 0 Å². The normalized spacial score (nSPS) is 21.9. The van der Waals surface area contributed by atoms with Crippen LogP contribution < -0.4 is 5.32 Å². The number of hydrogen-bond acceptors (Lipinski definition) is 3. The van der Waals surface area contributed by atoms with Crippen molar-refractivity contribution in [2.75, 3.05) is 11.9 Å². The van der Waals surface area contributed by atoms with Gasteiger partial charge < -0.3 is 20.4 Å². The van der Waals surface area contributed by atoms with Crippen molar-refractivity contribution in [2.45, 2.75) is 18.6 Å². The molecule has 0 bridgehead atoms. The Morgan fingerprint density at radius 3 is 2.75 bits per heavy atom. The van der Waals surface area contributed by atoms with Gasteiger partial charge in [-0.3, -0.25) is 0 Å². The third-order valence-corrected chi connectivity index (χ3v) is 4.21. The molecule has 2 atom stereocenters. The lowest BCUT2D eigenvalue weighted by atomic mass is 10.2. The first-order valence-electron chi connectivity index (χ1n) is 5.82. The zero-order chi connectivity index (χ0) is 14.9. The molecule has 1 heterocycles. The number of aliphatic hydroxyl groups is 1. The van der Waals surface area contributed by atoms with E-state index >= 15 is 0 Å². The molecule has 2 amide bonds. The fraction of sp³-hybridized carbons (Fsp3) is 0.333. The molecule has 0 radical (unpaired) electrons. The first-order chi connectivity index (χ1) is 9.38. The number of aliphatic carboxylic acids is 1. The van der Waals surface area contributed by atoms with Crippen molar-refractivity contribution in [3.63, 3.8) is 0 Å². The maximum absolute atomic E-state index is 12.1. The second-order valence-corrected chi connectivity index (χ2v) is 5.72. The number of carboxylic acid groups (broad SMARTS) is 1. The van der Waals surface area contributed by atoms with E-state index < -0.39 is 24.1 Å². The van der Waals surface area contributed by atoms with E-state index in [-0.39, 0.29) is 13.0 Å². The molecule has 2 rings (SSSR count). The summed E-state index contributed by atoms with van der Waals surface area (Å²) in [6.07, 6.45) is -0.786. The molecule has 0 aromatic heterocycles. The number of benzene rings is 1. The molecule has 8 heteroatoms. The standard InChI is InChI=1S/C12H12BrClN2O4/c13-8-3-6(1-2-9(8)14)15-12(20)16-5-7(17)4-10(16)11(18)19/h1-3,7,10,17H,4-5H2,(H,15,20)(H,18,19)/t7?,10-/m0/s1. The van der Waals surface area contributed by atoms with Crippen molar-refractivity contribution < 1.29 is 19.8 Å². The molecule has 20 heavy (non-hydrogen) atoms. The molecule has 1 aliphatic rings. The van der Waals surface area contributed by atoms with Crippen LogP contribution in [0.25, 0.3) is 0 Å². The molecule has 1 aromatic carbocycles. The van der Waals surface area contributed by atoms with E-state index in [4.69, 9.17) is 16.7 Å². The lowest BCUT2D eigenvalue weighted by molar-refractivity contribution is -0.141. The molecule has 0 saturated carbocycles. The quantitative estimate of drug-likeness (QED) is 0.751. The van der Waals surface area contributed by atoms with Crippen LogP contribution in [0, 0.1) is 0 Å². The van der Waals surface area contributed by atoms with Gasteiger partial charge in [-0.2, -0.15) is 0 Å². The summed E-state index contributed by atoms with van der Waals surface area (Å²) in [6, 6.07) is 3.24. The van der Waals surface area contributed by atoms with Crippen LogP contribution in [-0.4, -0.2) is 45.8 Å². The van der Waals surface area contributed by atoms with Crippen molar-refractivity contribution in [2.24, 2.45) is 0 Å². The van der Waals surface area contributed by atoms with E-state index in [1.165, 1.54) is 0 Å². The monoisotopic (exact) mass is 362 g/mol. The van der Waals surface area contributed by atoms with E-state index in [9.17, 15) is 14.7 Å². The number of β-amino-alcohol motifs (C(OH)–C–C–N with tert-alkyl or cyclic N) is 1. The second-order valence-electron chi connectivity index (χ2n) is 4.45. The van der Waals surface area contributed by atoms with Gasteiger partial charge in [0.15, 0.2) is 0 Å². The number of nitrogens with zero attached hydrogens (tertiary/aromatic N) is 1. The number of halogens is 2. The van der Waals surface area contributed by atoms with E-state index in [1.54, 1.807) is 18.2 Å². The topological polar surface area (TPSA) is 89.9 Å². The van der Waals surface area contributed by atoms with Gasteiger partial charge in [0.2, 0.25) is 0 Å². The highest BCUT2D eigenvalue weighted by Gasteiger charge is 2.38. The van der Waals surface area contributed by atoms with Gasteiger partial charge in [0.1, 0.15) is 6.04 Å². The summed E-state index contributed by atoms with van der Waals surface area (Å²) in [6.45, 7) is -0.00242. The van der Waals surface area contributed by atoms with Gasteiger partial charge in [0.25, 0.3) is 0 Å². The Bertz CT molecular complexity index is 554. The SMILES string of the molecule is O=C(O)[C@@H]1CC(O)CN1C(=O)Nc1ccc(Cl)c(Br)c1. The smallest absolute Gasteiger partial charge is 0.326 e. The Balaban J connectivity index is 2.11. The zero-order valence-electron chi connectivity index (χ0n) is 10.2. The first-order valence-corrected chi connectivity index (χ1v) is 6.99. The summed E-state index contributed by atoms with van der Waals surface area (Å²) in [4.78, 5) is 24.2. The van der Waals surface area contributed by atoms with E-state index in [0.29, 0.717) is 15.2 Å². The van der Waals surface area contributed by atoms with Crippen LogP contribution in [0.3, 0.4) is 0 Å². The maximum atomic E-state index is 12.1. The van der Waals surface area contributed by atoms with Crippen LogP contribution in [0.2, 0.25) is 5.02 Å². The third-order valence-electron chi connectivity index (χ3n) is 3.00. The molecular formula is C12H12BrClN2O4. The summed E-state index contributed by atoms with van der Waals surface area (Å²) in [5.74, 6) is -1.13. The van der Waals surface area contributed by atoms with Crippen LogP contribution in [0.4, 0.5) is 10.5 Å². The predicted molar refractivity (Wildman–Crippen MR) is 76.9 cm³/mol. The van der Waals surface area contributed by atoms with Gasteiger partial charge in [-0.05, 0) is 34.1 Å². The number of amides is 2. The van der Waals surface area contributed by atoms with Crippen LogP contribution in [-0.2, 0) is 4.79 Å². The Kier molecular flexibility index (Phi) is 4.52. The number of urea groups is 1. The Hall–Kier alpha value is -1.31. The molecule has 0 aliphatic carbocycles. The fourth-order valence-corrected chi connectivity index (χ4v) is 2.54. The number of rotatable bonds is 2. The van der Waals surface area contributed by atoms with Gasteiger partial charge in [0.05, 0.1) is 11.1 Å². The van der Waals surface area contributed by atoms with Gasteiger partial charge >= 0.3 is 12.0 Å². The summed E-state index contributed by atoms with van der Waals surface area (Å²) in [5, 5.41) is 21.6. The van der Waals surface area contributed by atoms with E-state index in [2.05, 4.69) is 21.2 Å². The zero-order valence-corrected chi connectivity index (χ0v) is 12.6. The summed E-state index contributed by atoms with van der Waals surface area (Å²) >= 11 is 9.08. The maximum Gasteiger partial charge on any atom is 0.326 e. The van der Waals surface area contributed by atoms with Crippen LogP contribution >= 0.6 is 27.5 Å². The Morgan fingerprint density at radius 2 is 2.15 bits per heavy atom. The molecule has 3 N–H and O–H groups in total. The number of aliphatic hydroxyl groups excluding tert-OH is 1. The van der Waals surface area contributed by atoms with Crippen LogP contribution in [0.1, 0.15) is 6.42 Å². The van der Waals surface area contributed by atoms with E-state index in [0.717, 1.165) is 4.90 Å². The van der Waals surface area contributed by atoms with E-state index in [1.807, 2.05) is 0 Å². The highest BCUT2D eigenvalue weighted by molar-refractivity contribution is 9.10. The van der Waals surface area contributed by atoms with Crippen molar-refractivity contribution in [1.29, 1.82) is 0 Å². The molecular weight excluding hydrogens is 351 g/mol. The molecule has 1 unspecified atom stereocenters. The van der Waals surface area contributed by atoms with Crippen LogP contribution in [0.15, 0.2) is 22.7 Å². The van der Waals surface area contributed by atoms with Crippen molar-refractivity contribution >= 4 is 45.2 Å². The average Bonchev–Trinajstić information content (AvgIpc) is 2.76.